The molecular formula is C15H14FNO4S. The van der Waals surface area contributed by atoms with Gasteiger partial charge in [-0.2, -0.15) is 0 Å². The van der Waals surface area contributed by atoms with Gasteiger partial charge < -0.3 is 4.74 Å². The Balaban J connectivity index is 2.37. The number of methoxy groups -OCH3 is 1. The van der Waals surface area contributed by atoms with Crippen molar-refractivity contribution in [3.05, 3.63) is 59.4 Å². The fraction of sp³-hybridized carbons (Fsp3) is 0.133. The second-order valence-electron chi connectivity index (χ2n) is 4.58. The summed E-state index contributed by atoms with van der Waals surface area (Å²) in [7, 11) is -2.67. The van der Waals surface area contributed by atoms with Crippen LogP contribution in [0.3, 0.4) is 0 Å². The molecule has 0 saturated carbocycles. The topological polar surface area (TPSA) is 72.5 Å². The highest BCUT2D eigenvalue weighted by atomic mass is 32.2. The van der Waals surface area contributed by atoms with E-state index in [1.807, 2.05) is 0 Å². The highest BCUT2D eigenvalue weighted by Crippen LogP contribution is 2.20. The fourth-order valence-electron chi connectivity index (χ4n) is 1.83. The molecule has 2 rings (SSSR count). The molecule has 0 atom stereocenters. The van der Waals surface area contributed by atoms with Crippen LogP contribution < -0.4 is 4.72 Å². The Kier molecular flexibility index (Phi) is 4.46. The molecule has 0 heterocycles. The van der Waals surface area contributed by atoms with E-state index in [4.69, 9.17) is 0 Å². The molecule has 0 radical (unpaired) electrons. The van der Waals surface area contributed by atoms with E-state index in [2.05, 4.69) is 9.46 Å². The number of carbonyl (C=O) groups excluding carboxylic acids is 1. The predicted octanol–water partition coefficient (Wildman–Crippen LogP) is 2.72. The third kappa shape index (κ3) is 3.43. The van der Waals surface area contributed by atoms with Crippen molar-refractivity contribution < 1.29 is 22.3 Å². The molecule has 22 heavy (non-hydrogen) atoms. The number of halogens is 1. The minimum Gasteiger partial charge on any atom is -0.465 e. The molecule has 0 amide bonds. The van der Waals surface area contributed by atoms with Crippen molar-refractivity contribution >= 4 is 21.7 Å². The van der Waals surface area contributed by atoms with Crippen molar-refractivity contribution in [2.75, 3.05) is 11.8 Å². The van der Waals surface area contributed by atoms with Gasteiger partial charge in [-0.3, -0.25) is 4.72 Å². The van der Waals surface area contributed by atoms with Crippen LogP contribution in [0, 0.1) is 12.7 Å². The lowest BCUT2D eigenvalue weighted by molar-refractivity contribution is 0.0599. The van der Waals surface area contributed by atoms with Crippen LogP contribution in [0.25, 0.3) is 0 Å². The molecule has 0 spiro atoms. The summed E-state index contributed by atoms with van der Waals surface area (Å²) in [6, 6.07) is 9.05. The smallest absolute Gasteiger partial charge is 0.338 e. The summed E-state index contributed by atoms with van der Waals surface area (Å²) in [5.74, 6) is -1.08. The van der Waals surface area contributed by atoms with E-state index in [1.165, 1.54) is 37.4 Å². The Bertz CT molecular complexity index is 801. The third-order valence-electron chi connectivity index (χ3n) is 3.02. The number of carbonyl (C=O) groups is 1. The van der Waals surface area contributed by atoms with Gasteiger partial charge in [-0.15, -0.1) is 0 Å². The number of anilines is 1. The first kappa shape index (κ1) is 16.0. The summed E-state index contributed by atoms with van der Waals surface area (Å²) in [6.07, 6.45) is 0. The first-order valence-corrected chi connectivity index (χ1v) is 7.79. The normalized spacial score (nSPS) is 11.0. The second kappa shape index (κ2) is 6.15. The summed E-state index contributed by atoms with van der Waals surface area (Å²) < 4.78 is 44.4. The van der Waals surface area contributed by atoms with E-state index in [-0.39, 0.29) is 16.1 Å². The molecule has 2 aromatic carbocycles. The molecule has 0 aromatic heterocycles. The number of esters is 1. The highest BCUT2D eigenvalue weighted by molar-refractivity contribution is 7.92. The molecule has 0 aliphatic rings. The molecule has 0 aliphatic carbocycles. The largest absolute Gasteiger partial charge is 0.465 e. The number of hydrogen-bond donors (Lipinski definition) is 1. The van der Waals surface area contributed by atoms with E-state index in [0.29, 0.717) is 5.56 Å². The number of aryl methyl sites for hydroxylation is 1. The summed E-state index contributed by atoms with van der Waals surface area (Å²) >= 11 is 0. The van der Waals surface area contributed by atoms with Crippen molar-refractivity contribution in [3.8, 4) is 0 Å². The zero-order chi connectivity index (χ0) is 16.3. The highest BCUT2D eigenvalue weighted by Gasteiger charge is 2.18. The van der Waals surface area contributed by atoms with Crippen molar-refractivity contribution in [2.45, 2.75) is 11.8 Å². The zero-order valence-electron chi connectivity index (χ0n) is 12.0. The SMILES string of the molecule is COC(=O)c1cc(S(=O)(=O)Nc2ccc(F)cc2)ccc1C. The maximum atomic E-state index is 12.8. The Hall–Kier alpha value is -2.41. The molecule has 0 unspecified atom stereocenters. The number of ether oxygens (including phenoxy) is 1. The van der Waals surface area contributed by atoms with Crippen molar-refractivity contribution in [3.63, 3.8) is 0 Å². The first-order chi connectivity index (χ1) is 10.3. The Morgan fingerprint density at radius 3 is 2.36 bits per heavy atom. The summed E-state index contributed by atoms with van der Waals surface area (Å²) in [6.45, 7) is 1.68. The maximum Gasteiger partial charge on any atom is 0.338 e. The minimum atomic E-state index is -3.89. The van der Waals surface area contributed by atoms with E-state index >= 15 is 0 Å². The lowest BCUT2D eigenvalue weighted by Gasteiger charge is -2.10. The average Bonchev–Trinajstić information content (AvgIpc) is 2.49. The van der Waals surface area contributed by atoms with Gasteiger partial charge in [-0.1, -0.05) is 6.07 Å². The van der Waals surface area contributed by atoms with E-state index < -0.39 is 21.8 Å². The van der Waals surface area contributed by atoms with Crippen LogP contribution in [0.15, 0.2) is 47.4 Å². The van der Waals surface area contributed by atoms with Crippen LogP contribution in [0.2, 0.25) is 0 Å². The Morgan fingerprint density at radius 2 is 1.77 bits per heavy atom. The standard InChI is InChI=1S/C15H14FNO4S/c1-10-3-8-13(9-14(10)15(18)21-2)22(19,20)17-12-6-4-11(16)5-7-12/h3-9,17H,1-2H3. The summed E-state index contributed by atoms with van der Waals surface area (Å²) in [5, 5.41) is 0. The summed E-state index contributed by atoms with van der Waals surface area (Å²) in [4.78, 5) is 11.5. The van der Waals surface area contributed by atoms with Gasteiger partial charge in [0.25, 0.3) is 10.0 Å². The quantitative estimate of drug-likeness (QED) is 0.878. The van der Waals surface area contributed by atoms with Crippen molar-refractivity contribution in [1.29, 1.82) is 0 Å². The van der Waals surface area contributed by atoms with Crippen molar-refractivity contribution in [2.24, 2.45) is 0 Å². The molecule has 2 aromatic rings. The summed E-state index contributed by atoms with van der Waals surface area (Å²) in [5.41, 5.74) is 0.999. The molecule has 7 heteroatoms. The average molecular weight is 323 g/mol. The van der Waals surface area contributed by atoms with Crippen molar-refractivity contribution in [1.82, 2.24) is 0 Å². The second-order valence-corrected chi connectivity index (χ2v) is 6.26. The van der Waals surface area contributed by atoms with Crippen LogP contribution in [-0.4, -0.2) is 21.5 Å². The Labute approximate surface area is 127 Å². The molecule has 116 valence electrons. The molecule has 0 bridgehead atoms. The van der Waals surface area contributed by atoms with Crippen LogP contribution in [-0.2, 0) is 14.8 Å². The fourth-order valence-corrected chi connectivity index (χ4v) is 2.91. The number of rotatable bonds is 4. The van der Waals surface area contributed by atoms with Gasteiger partial charge in [-0.05, 0) is 48.9 Å². The van der Waals surface area contributed by atoms with Crippen LogP contribution in [0.1, 0.15) is 15.9 Å². The van der Waals surface area contributed by atoms with Gasteiger partial charge in [0.15, 0.2) is 0 Å². The number of hydrogen-bond acceptors (Lipinski definition) is 4. The maximum absolute atomic E-state index is 12.8. The van der Waals surface area contributed by atoms with Crippen LogP contribution in [0.4, 0.5) is 10.1 Å². The molecule has 1 N–H and O–H groups in total. The van der Waals surface area contributed by atoms with Gasteiger partial charge in [0.2, 0.25) is 0 Å². The van der Waals surface area contributed by atoms with Gasteiger partial charge in [0, 0.05) is 5.69 Å². The van der Waals surface area contributed by atoms with E-state index in [1.54, 1.807) is 6.92 Å². The van der Waals surface area contributed by atoms with Gasteiger partial charge in [0.05, 0.1) is 17.6 Å². The lowest BCUT2D eigenvalue weighted by atomic mass is 10.1. The Morgan fingerprint density at radius 1 is 1.14 bits per heavy atom. The van der Waals surface area contributed by atoms with Crippen LogP contribution in [0.5, 0.6) is 0 Å². The van der Waals surface area contributed by atoms with Crippen LogP contribution >= 0.6 is 0 Å². The molecule has 0 aliphatic heterocycles. The number of nitrogens with one attached hydrogen (secondary N) is 1. The monoisotopic (exact) mass is 323 g/mol. The molecule has 0 fully saturated rings. The first-order valence-electron chi connectivity index (χ1n) is 6.31. The number of benzene rings is 2. The third-order valence-corrected chi connectivity index (χ3v) is 4.40. The van der Waals surface area contributed by atoms with E-state index in [9.17, 15) is 17.6 Å². The molecule has 5 nitrogen and oxygen atoms in total. The zero-order valence-corrected chi connectivity index (χ0v) is 12.8. The van der Waals surface area contributed by atoms with E-state index in [0.717, 1.165) is 12.1 Å². The van der Waals surface area contributed by atoms with Gasteiger partial charge >= 0.3 is 5.97 Å². The predicted molar refractivity (Wildman–Crippen MR) is 79.7 cm³/mol. The lowest BCUT2D eigenvalue weighted by Crippen LogP contribution is -2.14. The number of sulfonamides is 1. The molecular weight excluding hydrogens is 309 g/mol. The van der Waals surface area contributed by atoms with Gasteiger partial charge in [-0.25, -0.2) is 17.6 Å². The van der Waals surface area contributed by atoms with Gasteiger partial charge in [0.1, 0.15) is 5.82 Å². The minimum absolute atomic E-state index is 0.0807. The molecule has 0 saturated heterocycles.